The summed E-state index contributed by atoms with van der Waals surface area (Å²) < 4.78 is 5.43. The largest absolute Gasteiger partial charge is 0.381 e. The fourth-order valence-corrected chi connectivity index (χ4v) is 2.87. The van der Waals surface area contributed by atoms with Crippen molar-refractivity contribution in [1.29, 1.82) is 0 Å². The Balaban J connectivity index is 1.76. The van der Waals surface area contributed by atoms with Crippen molar-refractivity contribution in [2.75, 3.05) is 13.2 Å². The van der Waals surface area contributed by atoms with Crippen LogP contribution in [-0.4, -0.2) is 13.2 Å². The molecule has 0 radical (unpaired) electrons. The first-order valence-corrected chi connectivity index (χ1v) is 6.78. The molecule has 3 rings (SSSR count). The van der Waals surface area contributed by atoms with E-state index in [1.54, 1.807) is 0 Å². The van der Waals surface area contributed by atoms with Crippen LogP contribution in [0.5, 0.6) is 0 Å². The summed E-state index contributed by atoms with van der Waals surface area (Å²) in [6, 6.07) is 9.07. The Hall–Kier alpha value is -0.860. The minimum Gasteiger partial charge on any atom is -0.381 e. The van der Waals surface area contributed by atoms with Crippen LogP contribution in [0.4, 0.5) is 0 Å². The second kappa shape index (κ2) is 4.79. The van der Waals surface area contributed by atoms with E-state index < -0.39 is 0 Å². The highest BCUT2D eigenvalue weighted by atomic mass is 16.5. The van der Waals surface area contributed by atoms with Crippen LogP contribution >= 0.6 is 0 Å². The van der Waals surface area contributed by atoms with E-state index in [9.17, 15) is 0 Å². The molecule has 0 amide bonds. The summed E-state index contributed by atoms with van der Waals surface area (Å²) in [5, 5.41) is 0. The van der Waals surface area contributed by atoms with Gasteiger partial charge in [-0.05, 0) is 36.3 Å². The summed E-state index contributed by atoms with van der Waals surface area (Å²) in [5.41, 5.74) is 9.13. The molecule has 2 fully saturated rings. The van der Waals surface area contributed by atoms with E-state index in [4.69, 9.17) is 10.5 Å². The Morgan fingerprint density at radius 3 is 2.76 bits per heavy atom. The van der Waals surface area contributed by atoms with E-state index in [0.29, 0.717) is 5.92 Å². The average Bonchev–Trinajstić information content (AvgIpc) is 2.79. The molecule has 17 heavy (non-hydrogen) atoms. The van der Waals surface area contributed by atoms with E-state index in [-0.39, 0.29) is 6.04 Å². The molecule has 1 aromatic carbocycles. The predicted molar refractivity (Wildman–Crippen MR) is 68.9 cm³/mol. The van der Waals surface area contributed by atoms with Crippen LogP contribution < -0.4 is 5.73 Å². The van der Waals surface area contributed by atoms with Gasteiger partial charge in [0, 0.05) is 18.6 Å². The highest BCUT2D eigenvalue weighted by Gasteiger charge is 2.25. The second-order valence-corrected chi connectivity index (χ2v) is 5.45. The Morgan fingerprint density at radius 1 is 1.24 bits per heavy atom. The lowest BCUT2D eigenvalue weighted by molar-refractivity contribution is 0.181. The molecule has 0 spiro atoms. The van der Waals surface area contributed by atoms with Crippen molar-refractivity contribution in [1.82, 2.24) is 0 Å². The highest BCUT2D eigenvalue weighted by Crippen LogP contribution is 2.37. The molecule has 2 aliphatic rings. The van der Waals surface area contributed by atoms with Gasteiger partial charge in [0.1, 0.15) is 0 Å². The fourth-order valence-electron chi connectivity index (χ4n) is 2.87. The molecule has 2 nitrogen and oxygen atoms in total. The van der Waals surface area contributed by atoms with E-state index >= 15 is 0 Å². The number of benzene rings is 1. The molecular formula is C15H21NO. The zero-order valence-corrected chi connectivity index (χ0v) is 10.3. The minimum absolute atomic E-state index is 0.150. The van der Waals surface area contributed by atoms with Gasteiger partial charge in [-0.25, -0.2) is 0 Å². The van der Waals surface area contributed by atoms with Crippen LogP contribution in [0.25, 0.3) is 0 Å². The molecule has 2 heteroatoms. The standard InChI is InChI=1S/C15H21NO/c16-15(14-7-8-17-10-14)13-6-2-5-12(9-13)11-3-1-4-11/h2,5-6,9,11,14-15H,1,3-4,7-8,10,16H2. The van der Waals surface area contributed by atoms with Gasteiger partial charge in [-0.2, -0.15) is 0 Å². The monoisotopic (exact) mass is 231 g/mol. The first kappa shape index (κ1) is 11.2. The maximum atomic E-state index is 6.35. The highest BCUT2D eigenvalue weighted by molar-refractivity contribution is 5.30. The van der Waals surface area contributed by atoms with Crippen molar-refractivity contribution in [2.45, 2.75) is 37.6 Å². The molecule has 2 N–H and O–H groups in total. The summed E-state index contributed by atoms with van der Waals surface area (Å²) >= 11 is 0. The number of rotatable bonds is 3. The maximum Gasteiger partial charge on any atom is 0.0513 e. The maximum absolute atomic E-state index is 6.35. The third-order valence-corrected chi connectivity index (χ3v) is 4.34. The molecule has 0 bridgehead atoms. The van der Waals surface area contributed by atoms with Crippen molar-refractivity contribution < 1.29 is 4.74 Å². The third-order valence-electron chi connectivity index (χ3n) is 4.34. The van der Waals surface area contributed by atoms with Crippen molar-refractivity contribution in [2.24, 2.45) is 11.7 Å². The first-order valence-electron chi connectivity index (χ1n) is 6.78. The lowest BCUT2D eigenvalue weighted by Gasteiger charge is -2.27. The van der Waals surface area contributed by atoms with E-state index in [0.717, 1.165) is 25.6 Å². The van der Waals surface area contributed by atoms with Gasteiger partial charge in [0.2, 0.25) is 0 Å². The summed E-state index contributed by atoms with van der Waals surface area (Å²) in [7, 11) is 0. The Kier molecular flexibility index (Phi) is 3.17. The zero-order valence-electron chi connectivity index (χ0n) is 10.3. The van der Waals surface area contributed by atoms with Gasteiger partial charge in [0.25, 0.3) is 0 Å². The molecule has 2 atom stereocenters. The van der Waals surface area contributed by atoms with Gasteiger partial charge in [-0.15, -0.1) is 0 Å². The molecule has 1 saturated carbocycles. The fraction of sp³-hybridized carbons (Fsp3) is 0.600. The second-order valence-electron chi connectivity index (χ2n) is 5.45. The van der Waals surface area contributed by atoms with Gasteiger partial charge >= 0.3 is 0 Å². The number of ether oxygens (including phenoxy) is 1. The van der Waals surface area contributed by atoms with Crippen molar-refractivity contribution >= 4 is 0 Å². The minimum atomic E-state index is 0.150. The SMILES string of the molecule is NC(c1cccc(C2CCC2)c1)C1CCOC1. The van der Waals surface area contributed by atoms with Crippen molar-refractivity contribution in [3.05, 3.63) is 35.4 Å². The molecular weight excluding hydrogens is 210 g/mol. The van der Waals surface area contributed by atoms with Crippen LogP contribution in [0.15, 0.2) is 24.3 Å². The van der Waals surface area contributed by atoms with Crippen molar-refractivity contribution in [3.63, 3.8) is 0 Å². The van der Waals surface area contributed by atoms with E-state index in [1.165, 1.54) is 30.4 Å². The lowest BCUT2D eigenvalue weighted by Crippen LogP contribution is -2.22. The van der Waals surface area contributed by atoms with Crippen LogP contribution in [0, 0.1) is 5.92 Å². The summed E-state index contributed by atoms with van der Waals surface area (Å²) in [4.78, 5) is 0. The van der Waals surface area contributed by atoms with Gasteiger partial charge in [-0.1, -0.05) is 30.7 Å². The molecule has 1 heterocycles. The molecule has 1 aliphatic heterocycles. The quantitative estimate of drug-likeness (QED) is 0.868. The molecule has 1 aromatic rings. The molecule has 2 unspecified atom stereocenters. The Labute approximate surface area is 103 Å². The molecule has 1 saturated heterocycles. The zero-order chi connectivity index (χ0) is 11.7. The van der Waals surface area contributed by atoms with Gasteiger partial charge in [0.15, 0.2) is 0 Å². The average molecular weight is 231 g/mol. The van der Waals surface area contributed by atoms with Crippen molar-refractivity contribution in [3.8, 4) is 0 Å². The smallest absolute Gasteiger partial charge is 0.0513 e. The van der Waals surface area contributed by atoms with Gasteiger partial charge < -0.3 is 10.5 Å². The van der Waals surface area contributed by atoms with Crippen LogP contribution in [0.3, 0.4) is 0 Å². The molecule has 92 valence electrons. The normalized spacial score (nSPS) is 26.8. The van der Waals surface area contributed by atoms with Crippen LogP contribution in [0.2, 0.25) is 0 Å². The first-order chi connectivity index (χ1) is 8.34. The molecule has 1 aliphatic carbocycles. The van der Waals surface area contributed by atoms with E-state index in [2.05, 4.69) is 24.3 Å². The number of hydrogen-bond donors (Lipinski definition) is 1. The number of hydrogen-bond acceptors (Lipinski definition) is 2. The Bertz CT molecular complexity index is 380. The van der Waals surface area contributed by atoms with E-state index in [1.807, 2.05) is 0 Å². The summed E-state index contributed by atoms with van der Waals surface area (Å²) in [5.74, 6) is 1.30. The summed E-state index contributed by atoms with van der Waals surface area (Å²) in [6.45, 7) is 1.70. The topological polar surface area (TPSA) is 35.2 Å². The molecule has 0 aromatic heterocycles. The number of nitrogens with two attached hydrogens (primary N) is 1. The Morgan fingerprint density at radius 2 is 2.12 bits per heavy atom. The van der Waals surface area contributed by atoms with Gasteiger partial charge in [-0.3, -0.25) is 0 Å². The lowest BCUT2D eigenvalue weighted by atomic mass is 9.79. The van der Waals surface area contributed by atoms with Crippen LogP contribution in [0.1, 0.15) is 48.8 Å². The summed E-state index contributed by atoms with van der Waals surface area (Å²) in [6.07, 6.45) is 5.20. The predicted octanol–water partition coefficient (Wildman–Crippen LogP) is 2.99. The van der Waals surface area contributed by atoms with Gasteiger partial charge in [0.05, 0.1) is 6.61 Å². The third kappa shape index (κ3) is 2.24. The van der Waals surface area contributed by atoms with Crippen LogP contribution in [-0.2, 0) is 4.74 Å².